The first-order valence-electron chi connectivity index (χ1n) is 6.80. The van der Waals surface area contributed by atoms with Crippen molar-refractivity contribution >= 4 is 15.9 Å². The van der Waals surface area contributed by atoms with Gasteiger partial charge in [-0.15, -0.1) is 0 Å². The summed E-state index contributed by atoms with van der Waals surface area (Å²) >= 11 is 3.92. The van der Waals surface area contributed by atoms with Gasteiger partial charge in [0.25, 0.3) is 0 Å². The number of aryl methyl sites for hydroxylation is 2. The van der Waals surface area contributed by atoms with E-state index in [1.165, 1.54) is 30.4 Å². The Morgan fingerprint density at radius 3 is 3.00 bits per heavy atom. The lowest BCUT2D eigenvalue weighted by Crippen LogP contribution is -2.13. The molecule has 19 heavy (non-hydrogen) atoms. The number of aromatic nitrogens is 3. The lowest BCUT2D eigenvalue weighted by Gasteiger charge is -2.21. The Morgan fingerprint density at radius 2 is 2.21 bits per heavy atom. The second kappa shape index (κ2) is 5.45. The van der Waals surface area contributed by atoms with Crippen molar-refractivity contribution < 1.29 is 0 Å². The van der Waals surface area contributed by atoms with Gasteiger partial charge in [-0.1, -0.05) is 40.2 Å². The fourth-order valence-electron chi connectivity index (χ4n) is 2.93. The molecule has 100 valence electrons. The lowest BCUT2D eigenvalue weighted by atomic mass is 9.93. The summed E-state index contributed by atoms with van der Waals surface area (Å²) in [5.74, 6) is 1.67. The molecule has 0 saturated heterocycles. The minimum Gasteiger partial charge on any atom is -0.253 e. The van der Waals surface area contributed by atoms with Crippen molar-refractivity contribution in [2.75, 3.05) is 0 Å². The Labute approximate surface area is 122 Å². The van der Waals surface area contributed by atoms with Gasteiger partial charge in [-0.25, -0.2) is 4.98 Å². The third-order valence-corrected chi connectivity index (χ3v) is 5.28. The van der Waals surface area contributed by atoms with Gasteiger partial charge < -0.3 is 0 Å². The lowest BCUT2D eigenvalue weighted by molar-refractivity contribution is 0.455. The fourth-order valence-corrected chi connectivity index (χ4v) is 3.83. The molecule has 0 N–H and O–H groups in total. The zero-order valence-electron chi connectivity index (χ0n) is 11.1. The third kappa shape index (κ3) is 2.59. The van der Waals surface area contributed by atoms with Gasteiger partial charge in [0.2, 0.25) is 0 Å². The maximum Gasteiger partial charge on any atom is 0.138 e. The molecule has 1 heterocycles. The quantitative estimate of drug-likeness (QED) is 0.627. The van der Waals surface area contributed by atoms with E-state index in [-0.39, 0.29) is 0 Å². The molecule has 0 aliphatic heterocycles. The van der Waals surface area contributed by atoms with Crippen LogP contribution < -0.4 is 0 Å². The predicted octanol–water partition coefficient (Wildman–Crippen LogP) is 3.45. The topological polar surface area (TPSA) is 30.7 Å². The van der Waals surface area contributed by atoms with Crippen molar-refractivity contribution in [1.29, 1.82) is 0 Å². The third-order valence-electron chi connectivity index (χ3n) is 4.04. The van der Waals surface area contributed by atoms with Crippen LogP contribution in [0.25, 0.3) is 0 Å². The molecule has 0 fully saturated rings. The molecular weight excluding hydrogens is 302 g/mol. The minimum absolute atomic E-state index is 0.419. The van der Waals surface area contributed by atoms with Gasteiger partial charge in [0, 0.05) is 18.3 Å². The van der Waals surface area contributed by atoms with Crippen LogP contribution in [-0.4, -0.2) is 14.8 Å². The predicted molar refractivity (Wildman–Crippen MR) is 79.2 cm³/mol. The van der Waals surface area contributed by atoms with E-state index in [4.69, 9.17) is 0 Å². The molecular formula is C15H18BrN3. The molecule has 1 aliphatic carbocycles. The van der Waals surface area contributed by atoms with Gasteiger partial charge in [-0.3, -0.25) is 4.68 Å². The average Bonchev–Trinajstić information content (AvgIpc) is 2.75. The largest absolute Gasteiger partial charge is 0.253 e. The molecule has 1 aromatic heterocycles. The van der Waals surface area contributed by atoms with Crippen LogP contribution in [0.5, 0.6) is 0 Å². The van der Waals surface area contributed by atoms with Gasteiger partial charge in [0.05, 0.1) is 0 Å². The summed E-state index contributed by atoms with van der Waals surface area (Å²) in [6, 6.07) is 8.79. The SMILES string of the molecule is Cn1ncnc1CC1CCCc2ccccc2C1Br. The Hall–Kier alpha value is -1.16. The Morgan fingerprint density at radius 1 is 1.37 bits per heavy atom. The van der Waals surface area contributed by atoms with Crippen molar-refractivity contribution in [1.82, 2.24) is 14.8 Å². The van der Waals surface area contributed by atoms with Crippen molar-refractivity contribution in [2.24, 2.45) is 13.0 Å². The summed E-state index contributed by atoms with van der Waals surface area (Å²) in [6.45, 7) is 0. The minimum atomic E-state index is 0.419. The maximum atomic E-state index is 4.36. The number of halogens is 1. The molecule has 0 amide bonds. The van der Waals surface area contributed by atoms with E-state index >= 15 is 0 Å². The molecule has 4 heteroatoms. The Balaban J connectivity index is 1.86. The molecule has 0 spiro atoms. The summed E-state index contributed by atoms with van der Waals surface area (Å²) in [7, 11) is 1.97. The number of rotatable bonds is 2. The number of alkyl halides is 1. The highest BCUT2D eigenvalue weighted by atomic mass is 79.9. The molecule has 0 radical (unpaired) electrons. The van der Waals surface area contributed by atoms with E-state index < -0.39 is 0 Å². The van der Waals surface area contributed by atoms with Gasteiger partial charge in [0.1, 0.15) is 12.2 Å². The number of benzene rings is 1. The summed E-state index contributed by atoms with van der Waals surface area (Å²) in [6.07, 6.45) is 6.30. The number of hydrogen-bond donors (Lipinski definition) is 0. The molecule has 2 aromatic rings. The zero-order chi connectivity index (χ0) is 13.2. The monoisotopic (exact) mass is 319 g/mol. The van der Waals surface area contributed by atoms with Crippen LogP contribution in [0.3, 0.4) is 0 Å². The van der Waals surface area contributed by atoms with E-state index in [1.807, 2.05) is 11.7 Å². The molecule has 0 bridgehead atoms. The standard InChI is InChI=1S/C15H18BrN3/c1-19-14(17-10-18-19)9-12-7-4-6-11-5-2-3-8-13(11)15(12)16/h2-3,5,8,10,12,15H,4,6-7,9H2,1H3. The second-order valence-corrected chi connectivity index (χ2v) is 6.24. The van der Waals surface area contributed by atoms with Crippen molar-refractivity contribution in [3.63, 3.8) is 0 Å². The van der Waals surface area contributed by atoms with Gasteiger partial charge in [-0.05, 0) is 36.3 Å². The van der Waals surface area contributed by atoms with E-state index in [1.54, 1.807) is 6.33 Å². The van der Waals surface area contributed by atoms with E-state index in [2.05, 4.69) is 50.3 Å². The first kappa shape index (κ1) is 12.9. The molecule has 0 saturated carbocycles. The van der Waals surface area contributed by atoms with Crippen molar-refractivity contribution in [3.05, 3.63) is 47.5 Å². The smallest absolute Gasteiger partial charge is 0.138 e. The molecule has 3 nitrogen and oxygen atoms in total. The second-order valence-electron chi connectivity index (χ2n) is 5.26. The first-order chi connectivity index (χ1) is 9.25. The summed E-state index contributed by atoms with van der Waals surface area (Å²) in [5, 5.41) is 4.17. The number of fused-ring (bicyclic) bond motifs is 1. The number of hydrogen-bond acceptors (Lipinski definition) is 2. The summed E-state index contributed by atoms with van der Waals surface area (Å²) < 4.78 is 1.89. The molecule has 2 atom stereocenters. The van der Waals surface area contributed by atoms with Gasteiger partial charge in [-0.2, -0.15) is 5.10 Å². The van der Waals surface area contributed by atoms with Gasteiger partial charge >= 0.3 is 0 Å². The normalized spacial score (nSPS) is 22.8. The Kier molecular flexibility index (Phi) is 3.69. The van der Waals surface area contributed by atoms with Crippen molar-refractivity contribution in [3.8, 4) is 0 Å². The van der Waals surface area contributed by atoms with E-state index in [9.17, 15) is 0 Å². The van der Waals surface area contributed by atoms with Crippen LogP contribution in [0, 0.1) is 5.92 Å². The van der Waals surface area contributed by atoms with Crippen LogP contribution in [-0.2, 0) is 19.9 Å². The zero-order valence-corrected chi connectivity index (χ0v) is 12.7. The fraction of sp³-hybridized carbons (Fsp3) is 0.467. The first-order valence-corrected chi connectivity index (χ1v) is 7.72. The molecule has 1 aliphatic rings. The summed E-state index contributed by atoms with van der Waals surface area (Å²) in [4.78, 5) is 4.78. The molecule has 3 rings (SSSR count). The maximum absolute atomic E-state index is 4.36. The van der Waals surface area contributed by atoms with Crippen LogP contribution in [0.15, 0.2) is 30.6 Å². The molecule has 1 aromatic carbocycles. The van der Waals surface area contributed by atoms with Crippen molar-refractivity contribution in [2.45, 2.75) is 30.5 Å². The highest BCUT2D eigenvalue weighted by molar-refractivity contribution is 9.09. The van der Waals surface area contributed by atoms with Crippen LogP contribution in [0.2, 0.25) is 0 Å². The van der Waals surface area contributed by atoms with Crippen LogP contribution in [0.1, 0.15) is 34.6 Å². The molecule has 2 unspecified atom stereocenters. The Bertz CT molecular complexity index is 564. The highest BCUT2D eigenvalue weighted by Gasteiger charge is 2.26. The average molecular weight is 320 g/mol. The van der Waals surface area contributed by atoms with E-state index in [0.29, 0.717) is 10.7 Å². The number of nitrogens with zero attached hydrogens (tertiary/aromatic N) is 3. The summed E-state index contributed by atoms with van der Waals surface area (Å²) in [5.41, 5.74) is 2.94. The highest BCUT2D eigenvalue weighted by Crippen LogP contribution is 2.40. The van der Waals surface area contributed by atoms with E-state index in [0.717, 1.165) is 12.2 Å². The van der Waals surface area contributed by atoms with Gasteiger partial charge in [0.15, 0.2) is 0 Å². The van der Waals surface area contributed by atoms with Crippen LogP contribution >= 0.6 is 15.9 Å². The van der Waals surface area contributed by atoms with Crippen LogP contribution in [0.4, 0.5) is 0 Å².